The SMILES string of the molecule is CCCN1C(=O)S/C(=C/c2ccc(OCc3cccc4ccccc34)c(I)c2)C1=O. The van der Waals surface area contributed by atoms with Crippen LogP contribution in [0.3, 0.4) is 0 Å². The molecule has 0 spiro atoms. The number of carbonyl (C=O) groups excluding carboxylic acids is 2. The largest absolute Gasteiger partial charge is 0.488 e. The van der Waals surface area contributed by atoms with Gasteiger partial charge in [0, 0.05) is 6.54 Å². The van der Waals surface area contributed by atoms with Crippen LogP contribution in [0, 0.1) is 3.57 Å². The minimum Gasteiger partial charge on any atom is -0.488 e. The van der Waals surface area contributed by atoms with Gasteiger partial charge in [-0.3, -0.25) is 14.5 Å². The number of rotatable bonds is 6. The van der Waals surface area contributed by atoms with Crippen molar-refractivity contribution in [1.82, 2.24) is 4.90 Å². The number of thioether (sulfide) groups is 1. The molecule has 1 fully saturated rings. The van der Waals surface area contributed by atoms with Gasteiger partial charge in [0.1, 0.15) is 12.4 Å². The van der Waals surface area contributed by atoms with E-state index in [1.54, 1.807) is 6.08 Å². The second-order valence-electron chi connectivity index (χ2n) is 6.95. The number of fused-ring (bicyclic) bond motifs is 1. The molecule has 0 aromatic heterocycles. The minimum absolute atomic E-state index is 0.196. The molecule has 6 heteroatoms. The molecule has 0 radical (unpaired) electrons. The van der Waals surface area contributed by atoms with Crippen molar-refractivity contribution in [3.63, 3.8) is 0 Å². The van der Waals surface area contributed by atoms with E-state index < -0.39 is 0 Å². The number of benzene rings is 3. The summed E-state index contributed by atoms with van der Waals surface area (Å²) in [7, 11) is 0. The highest BCUT2D eigenvalue weighted by Crippen LogP contribution is 2.33. The molecule has 152 valence electrons. The Morgan fingerprint density at radius 3 is 2.67 bits per heavy atom. The first kappa shape index (κ1) is 20.9. The monoisotopic (exact) mass is 529 g/mol. The van der Waals surface area contributed by atoms with Crippen LogP contribution in [0.2, 0.25) is 0 Å². The molecule has 0 unspecified atom stereocenters. The van der Waals surface area contributed by atoms with E-state index in [4.69, 9.17) is 4.74 Å². The summed E-state index contributed by atoms with van der Waals surface area (Å²) < 4.78 is 7.03. The van der Waals surface area contributed by atoms with Crippen molar-refractivity contribution in [3.8, 4) is 5.75 Å². The number of nitrogens with zero attached hydrogens (tertiary/aromatic N) is 1. The Morgan fingerprint density at radius 2 is 1.87 bits per heavy atom. The zero-order chi connectivity index (χ0) is 21.1. The highest BCUT2D eigenvalue weighted by atomic mass is 127. The third-order valence-electron chi connectivity index (χ3n) is 4.84. The third-order valence-corrected chi connectivity index (χ3v) is 6.59. The third kappa shape index (κ3) is 4.39. The molecule has 30 heavy (non-hydrogen) atoms. The normalized spacial score (nSPS) is 15.4. The van der Waals surface area contributed by atoms with E-state index in [-0.39, 0.29) is 11.1 Å². The molecule has 1 saturated heterocycles. The molecule has 0 bridgehead atoms. The minimum atomic E-state index is -0.210. The second-order valence-corrected chi connectivity index (χ2v) is 9.11. The van der Waals surface area contributed by atoms with Gasteiger partial charge < -0.3 is 4.74 Å². The summed E-state index contributed by atoms with van der Waals surface area (Å²) in [5.74, 6) is 0.581. The van der Waals surface area contributed by atoms with Crippen molar-refractivity contribution >= 4 is 62.3 Å². The van der Waals surface area contributed by atoms with Crippen LogP contribution >= 0.6 is 34.4 Å². The average molecular weight is 529 g/mol. The van der Waals surface area contributed by atoms with E-state index in [0.29, 0.717) is 18.1 Å². The van der Waals surface area contributed by atoms with Crippen LogP contribution in [0.4, 0.5) is 4.79 Å². The number of hydrogen-bond donors (Lipinski definition) is 0. The van der Waals surface area contributed by atoms with Gasteiger partial charge >= 0.3 is 0 Å². The number of imide groups is 1. The molecule has 3 aromatic rings. The van der Waals surface area contributed by atoms with Crippen LogP contribution in [0.1, 0.15) is 24.5 Å². The molecule has 4 rings (SSSR count). The molecule has 3 aromatic carbocycles. The first-order valence-corrected chi connectivity index (χ1v) is 11.6. The van der Waals surface area contributed by atoms with Crippen LogP contribution in [0.5, 0.6) is 5.75 Å². The lowest BCUT2D eigenvalue weighted by Crippen LogP contribution is -2.28. The molecule has 1 aliphatic heterocycles. The predicted molar refractivity (Wildman–Crippen MR) is 130 cm³/mol. The maximum Gasteiger partial charge on any atom is 0.293 e. The lowest BCUT2D eigenvalue weighted by Gasteiger charge is -2.11. The molecule has 0 saturated carbocycles. The Kier molecular flexibility index (Phi) is 6.43. The molecule has 1 heterocycles. The topological polar surface area (TPSA) is 46.6 Å². The van der Waals surface area contributed by atoms with Crippen molar-refractivity contribution in [1.29, 1.82) is 0 Å². The predicted octanol–water partition coefficient (Wildman–Crippen LogP) is 6.47. The molecular formula is C24H20INO3S. The first-order chi connectivity index (χ1) is 14.6. The number of halogens is 1. The summed E-state index contributed by atoms with van der Waals surface area (Å²) in [4.78, 5) is 26.2. The highest BCUT2D eigenvalue weighted by Gasteiger charge is 2.34. The van der Waals surface area contributed by atoms with Crippen LogP contribution in [0.25, 0.3) is 16.8 Å². The van der Waals surface area contributed by atoms with E-state index in [0.717, 1.165) is 38.6 Å². The van der Waals surface area contributed by atoms with Gasteiger partial charge in [0.2, 0.25) is 0 Å². The fourth-order valence-electron chi connectivity index (χ4n) is 3.37. The van der Waals surface area contributed by atoms with Gasteiger partial charge in [0.15, 0.2) is 0 Å². The van der Waals surface area contributed by atoms with E-state index in [1.165, 1.54) is 15.7 Å². The van der Waals surface area contributed by atoms with Crippen molar-refractivity contribution < 1.29 is 14.3 Å². The van der Waals surface area contributed by atoms with Gasteiger partial charge in [0.25, 0.3) is 11.1 Å². The smallest absolute Gasteiger partial charge is 0.293 e. The van der Waals surface area contributed by atoms with Crippen molar-refractivity contribution in [2.45, 2.75) is 20.0 Å². The molecular weight excluding hydrogens is 509 g/mol. The van der Waals surface area contributed by atoms with Gasteiger partial charge in [0.05, 0.1) is 8.48 Å². The average Bonchev–Trinajstić information content (AvgIpc) is 3.01. The lowest BCUT2D eigenvalue weighted by molar-refractivity contribution is -0.122. The van der Waals surface area contributed by atoms with E-state index in [2.05, 4.69) is 46.9 Å². The quantitative estimate of drug-likeness (QED) is 0.271. The summed E-state index contributed by atoms with van der Waals surface area (Å²) in [6.07, 6.45) is 2.53. The fraction of sp³-hybridized carbons (Fsp3) is 0.167. The van der Waals surface area contributed by atoms with Crippen molar-refractivity contribution in [3.05, 3.63) is 80.3 Å². The standard InChI is InChI=1S/C24H20INO3S/c1-2-12-26-23(27)22(30-24(26)28)14-16-10-11-21(20(25)13-16)29-15-18-8-5-7-17-6-3-4-9-19(17)18/h3-11,13-14H,2,12,15H2,1H3/b22-14+. The summed E-state index contributed by atoms with van der Waals surface area (Å²) >= 11 is 3.24. The summed E-state index contributed by atoms with van der Waals surface area (Å²) in [6.45, 7) is 2.89. The van der Waals surface area contributed by atoms with Gasteiger partial charge in [-0.25, -0.2) is 0 Å². The van der Waals surface area contributed by atoms with Crippen molar-refractivity contribution in [2.75, 3.05) is 6.54 Å². The number of amides is 2. The first-order valence-electron chi connectivity index (χ1n) is 9.71. The summed E-state index contributed by atoms with van der Waals surface area (Å²) in [5, 5.41) is 2.19. The maximum atomic E-state index is 12.4. The van der Waals surface area contributed by atoms with E-state index >= 15 is 0 Å². The number of carbonyl (C=O) groups is 2. The maximum absolute atomic E-state index is 12.4. The summed E-state index contributed by atoms with van der Waals surface area (Å²) in [5.41, 5.74) is 2.01. The Bertz CT molecular complexity index is 1150. The molecule has 0 N–H and O–H groups in total. The Balaban J connectivity index is 1.50. The highest BCUT2D eigenvalue weighted by molar-refractivity contribution is 14.1. The van der Waals surface area contributed by atoms with Gasteiger partial charge in [-0.1, -0.05) is 55.5 Å². The number of hydrogen-bond acceptors (Lipinski definition) is 4. The van der Waals surface area contributed by atoms with Crippen LogP contribution in [-0.4, -0.2) is 22.6 Å². The van der Waals surface area contributed by atoms with Crippen LogP contribution in [-0.2, 0) is 11.4 Å². The summed E-state index contributed by atoms with van der Waals surface area (Å²) in [6, 6.07) is 20.3. The molecule has 0 aliphatic carbocycles. The van der Waals surface area contributed by atoms with Crippen molar-refractivity contribution in [2.24, 2.45) is 0 Å². The van der Waals surface area contributed by atoms with Gasteiger partial charge in [-0.05, 0) is 80.9 Å². The van der Waals surface area contributed by atoms with E-state index in [1.807, 2.05) is 43.3 Å². The van der Waals surface area contributed by atoms with E-state index in [9.17, 15) is 9.59 Å². The van der Waals surface area contributed by atoms with Crippen LogP contribution < -0.4 is 4.74 Å². The molecule has 2 amide bonds. The molecule has 1 aliphatic rings. The lowest BCUT2D eigenvalue weighted by atomic mass is 10.1. The van der Waals surface area contributed by atoms with Gasteiger partial charge in [-0.2, -0.15) is 0 Å². The van der Waals surface area contributed by atoms with Gasteiger partial charge in [-0.15, -0.1) is 0 Å². The Hall–Kier alpha value is -2.32. The Labute approximate surface area is 193 Å². The Morgan fingerprint density at radius 1 is 1.07 bits per heavy atom. The molecule has 0 atom stereocenters. The zero-order valence-electron chi connectivity index (χ0n) is 16.4. The van der Waals surface area contributed by atoms with Crippen LogP contribution in [0.15, 0.2) is 65.6 Å². The second kappa shape index (κ2) is 9.22. The fourth-order valence-corrected chi connectivity index (χ4v) is 4.93. The zero-order valence-corrected chi connectivity index (χ0v) is 19.4. The molecule has 4 nitrogen and oxygen atoms in total. The number of ether oxygens (including phenoxy) is 1.